The summed E-state index contributed by atoms with van der Waals surface area (Å²) in [6, 6.07) is 0.386. The van der Waals surface area contributed by atoms with Crippen molar-refractivity contribution in [3.8, 4) is 0 Å². The van der Waals surface area contributed by atoms with Crippen LogP contribution in [0.5, 0.6) is 0 Å². The molecule has 2 fully saturated rings. The molecule has 2 saturated carbocycles. The Morgan fingerprint density at radius 2 is 1.90 bits per heavy atom. The van der Waals surface area contributed by atoms with Gasteiger partial charge >= 0.3 is 0 Å². The van der Waals surface area contributed by atoms with Gasteiger partial charge in [0.2, 0.25) is 5.91 Å². The van der Waals surface area contributed by atoms with Crippen molar-refractivity contribution in [3.05, 3.63) is 0 Å². The van der Waals surface area contributed by atoms with E-state index in [1.807, 2.05) is 7.05 Å². The number of amides is 1. The van der Waals surface area contributed by atoms with Gasteiger partial charge in [-0.25, -0.2) is 0 Å². The summed E-state index contributed by atoms with van der Waals surface area (Å²) in [6.07, 6.45) is 9.23. The highest BCUT2D eigenvalue weighted by molar-refractivity contribution is 5.83. The Hall–Kier alpha value is -0.570. The van der Waals surface area contributed by atoms with Crippen LogP contribution in [0.3, 0.4) is 0 Å². The summed E-state index contributed by atoms with van der Waals surface area (Å²) < 4.78 is 0. The van der Waals surface area contributed by atoms with E-state index in [9.17, 15) is 4.79 Å². The number of hydrogen-bond donors (Lipinski definition) is 1. The minimum Gasteiger partial charge on any atom is -0.342 e. The van der Waals surface area contributed by atoms with Gasteiger partial charge in [0.1, 0.15) is 0 Å². The molecule has 2 atom stereocenters. The van der Waals surface area contributed by atoms with Crippen molar-refractivity contribution >= 4 is 5.91 Å². The summed E-state index contributed by atoms with van der Waals surface area (Å²) in [5.41, 5.74) is 5.83. The van der Waals surface area contributed by atoms with E-state index in [1.165, 1.54) is 25.7 Å². The number of nitrogens with two attached hydrogens (primary N) is 1. The fraction of sp³-hybridized carbons (Fsp3) is 0.941. The van der Waals surface area contributed by atoms with E-state index in [0.717, 1.165) is 32.2 Å². The minimum absolute atomic E-state index is 0.0648. The molecule has 0 heterocycles. The maximum atomic E-state index is 13.1. The molecule has 2 aliphatic carbocycles. The molecule has 0 bridgehead atoms. The highest BCUT2D eigenvalue weighted by Crippen LogP contribution is 2.45. The van der Waals surface area contributed by atoms with Crippen molar-refractivity contribution in [2.24, 2.45) is 23.0 Å². The first-order chi connectivity index (χ1) is 9.50. The Labute approximate surface area is 124 Å². The third-order valence-electron chi connectivity index (χ3n) is 5.55. The van der Waals surface area contributed by atoms with Gasteiger partial charge in [0.25, 0.3) is 0 Å². The first-order valence-corrected chi connectivity index (χ1v) is 8.47. The fourth-order valence-corrected chi connectivity index (χ4v) is 4.67. The predicted molar refractivity (Wildman–Crippen MR) is 83.3 cm³/mol. The molecule has 3 nitrogen and oxygen atoms in total. The third kappa shape index (κ3) is 3.03. The molecule has 0 aromatic rings. The average Bonchev–Trinajstić information content (AvgIpc) is 3.05. The number of carbonyl (C=O) groups excluding carboxylic acids is 1. The monoisotopic (exact) mass is 280 g/mol. The van der Waals surface area contributed by atoms with Crippen molar-refractivity contribution in [1.82, 2.24) is 4.90 Å². The Kier molecular flexibility index (Phi) is 5.11. The Morgan fingerprint density at radius 1 is 1.25 bits per heavy atom. The molecule has 3 heteroatoms. The standard InChI is InChI=1S/C17H32N2O/c1-13(2)11-17(9-4-5-10-17)16(20)19(3)15-8-6-7-14(15)12-18/h13-15H,4-12,18H2,1-3H3. The summed E-state index contributed by atoms with van der Waals surface area (Å²) >= 11 is 0. The van der Waals surface area contributed by atoms with Gasteiger partial charge < -0.3 is 10.6 Å². The van der Waals surface area contributed by atoms with E-state index in [1.54, 1.807) is 0 Å². The van der Waals surface area contributed by atoms with Crippen LogP contribution in [0.4, 0.5) is 0 Å². The van der Waals surface area contributed by atoms with E-state index >= 15 is 0 Å². The Morgan fingerprint density at radius 3 is 2.45 bits per heavy atom. The van der Waals surface area contributed by atoms with E-state index < -0.39 is 0 Å². The highest BCUT2D eigenvalue weighted by atomic mass is 16.2. The van der Waals surface area contributed by atoms with Crippen molar-refractivity contribution < 1.29 is 4.79 Å². The van der Waals surface area contributed by atoms with E-state index in [0.29, 0.717) is 23.8 Å². The lowest BCUT2D eigenvalue weighted by molar-refractivity contribution is -0.144. The quantitative estimate of drug-likeness (QED) is 0.840. The molecule has 2 N–H and O–H groups in total. The topological polar surface area (TPSA) is 46.3 Å². The van der Waals surface area contributed by atoms with Gasteiger partial charge in [-0.05, 0) is 50.5 Å². The van der Waals surface area contributed by atoms with Crippen molar-refractivity contribution in [1.29, 1.82) is 0 Å². The summed E-state index contributed by atoms with van der Waals surface area (Å²) in [5, 5.41) is 0. The fourth-order valence-electron chi connectivity index (χ4n) is 4.67. The second-order valence-electron chi connectivity index (χ2n) is 7.50. The lowest BCUT2D eigenvalue weighted by atomic mass is 9.77. The number of nitrogens with zero attached hydrogens (tertiary/aromatic N) is 1. The van der Waals surface area contributed by atoms with Gasteiger partial charge in [0.05, 0.1) is 0 Å². The van der Waals surface area contributed by atoms with Gasteiger partial charge in [-0.2, -0.15) is 0 Å². The number of rotatable bonds is 5. The largest absolute Gasteiger partial charge is 0.342 e. The molecule has 2 rings (SSSR count). The zero-order valence-corrected chi connectivity index (χ0v) is 13.5. The maximum Gasteiger partial charge on any atom is 0.228 e. The molecule has 0 aliphatic heterocycles. The number of hydrogen-bond acceptors (Lipinski definition) is 2. The summed E-state index contributed by atoms with van der Waals surface area (Å²) in [4.78, 5) is 15.2. The first-order valence-electron chi connectivity index (χ1n) is 8.47. The molecule has 116 valence electrons. The van der Waals surface area contributed by atoms with Gasteiger partial charge in [0, 0.05) is 18.5 Å². The Balaban J connectivity index is 2.11. The van der Waals surface area contributed by atoms with Gasteiger partial charge in [-0.15, -0.1) is 0 Å². The van der Waals surface area contributed by atoms with Crippen molar-refractivity contribution in [2.75, 3.05) is 13.6 Å². The van der Waals surface area contributed by atoms with Crippen LogP contribution in [-0.4, -0.2) is 30.4 Å². The SMILES string of the molecule is CC(C)CC1(C(=O)N(C)C2CCCC2CN)CCCC1. The molecule has 2 unspecified atom stereocenters. The van der Waals surface area contributed by atoms with E-state index in [-0.39, 0.29) is 5.41 Å². The first kappa shape index (κ1) is 15.8. The summed E-state index contributed by atoms with van der Waals surface area (Å²) in [7, 11) is 2.03. The molecule has 0 radical (unpaired) electrons. The predicted octanol–water partition coefficient (Wildman–Crippen LogP) is 3.18. The van der Waals surface area contributed by atoms with Crippen LogP contribution in [0.15, 0.2) is 0 Å². The zero-order chi connectivity index (χ0) is 14.8. The average molecular weight is 280 g/mol. The van der Waals surface area contributed by atoms with Gasteiger partial charge in [-0.3, -0.25) is 4.79 Å². The molecule has 2 aliphatic rings. The van der Waals surface area contributed by atoms with Crippen LogP contribution in [0.25, 0.3) is 0 Å². The molecule has 0 spiro atoms. The van der Waals surface area contributed by atoms with E-state index in [4.69, 9.17) is 5.73 Å². The van der Waals surface area contributed by atoms with Crippen LogP contribution >= 0.6 is 0 Å². The third-order valence-corrected chi connectivity index (χ3v) is 5.55. The lowest BCUT2D eigenvalue weighted by Crippen LogP contribution is -2.48. The summed E-state index contributed by atoms with van der Waals surface area (Å²) in [6.45, 7) is 5.21. The second-order valence-corrected chi connectivity index (χ2v) is 7.50. The maximum absolute atomic E-state index is 13.1. The molecule has 20 heavy (non-hydrogen) atoms. The smallest absolute Gasteiger partial charge is 0.228 e. The summed E-state index contributed by atoms with van der Waals surface area (Å²) in [5.74, 6) is 1.52. The molecule has 0 aromatic heterocycles. The molecular weight excluding hydrogens is 248 g/mol. The zero-order valence-electron chi connectivity index (χ0n) is 13.5. The minimum atomic E-state index is -0.0648. The lowest BCUT2D eigenvalue weighted by Gasteiger charge is -2.38. The normalized spacial score (nSPS) is 29.1. The molecule has 0 aromatic carbocycles. The molecule has 0 saturated heterocycles. The number of carbonyl (C=O) groups is 1. The van der Waals surface area contributed by atoms with Crippen LogP contribution in [0.2, 0.25) is 0 Å². The van der Waals surface area contributed by atoms with Crippen LogP contribution in [-0.2, 0) is 4.79 Å². The second kappa shape index (κ2) is 6.46. The van der Waals surface area contributed by atoms with E-state index in [2.05, 4.69) is 18.7 Å². The highest BCUT2D eigenvalue weighted by Gasteiger charge is 2.45. The molecule has 1 amide bonds. The Bertz CT molecular complexity index is 334. The van der Waals surface area contributed by atoms with Gasteiger partial charge in [0.15, 0.2) is 0 Å². The van der Waals surface area contributed by atoms with Crippen LogP contribution in [0, 0.1) is 17.3 Å². The molecular formula is C17H32N2O. The van der Waals surface area contributed by atoms with Crippen LogP contribution < -0.4 is 5.73 Å². The van der Waals surface area contributed by atoms with Crippen molar-refractivity contribution in [2.45, 2.75) is 71.3 Å². The van der Waals surface area contributed by atoms with Crippen molar-refractivity contribution in [3.63, 3.8) is 0 Å². The van der Waals surface area contributed by atoms with Crippen LogP contribution in [0.1, 0.15) is 65.2 Å². The van der Waals surface area contributed by atoms with Gasteiger partial charge in [-0.1, -0.05) is 33.1 Å².